The molecule has 0 spiro atoms. The summed E-state index contributed by atoms with van der Waals surface area (Å²) in [5, 5.41) is 3.49. The highest BCUT2D eigenvalue weighted by molar-refractivity contribution is 5.06. The first-order valence-electron chi connectivity index (χ1n) is 7.32. The van der Waals surface area contributed by atoms with Gasteiger partial charge < -0.3 is 14.6 Å². The number of rotatable bonds is 10. The molecule has 1 fully saturated rings. The highest BCUT2D eigenvalue weighted by atomic mass is 16.5. The molecule has 18 heavy (non-hydrogen) atoms. The molecule has 0 amide bonds. The third-order valence-electron chi connectivity index (χ3n) is 3.39. The Labute approximate surface area is 111 Å². The van der Waals surface area contributed by atoms with E-state index in [1.165, 1.54) is 25.0 Å². The second-order valence-electron chi connectivity index (χ2n) is 5.24. The van der Waals surface area contributed by atoms with Gasteiger partial charge in [0.05, 0.1) is 0 Å². The molecule has 1 aromatic heterocycles. The second kappa shape index (κ2) is 7.59. The van der Waals surface area contributed by atoms with E-state index < -0.39 is 0 Å². The van der Waals surface area contributed by atoms with Gasteiger partial charge in [-0.2, -0.15) is 0 Å². The van der Waals surface area contributed by atoms with Gasteiger partial charge in [0, 0.05) is 38.2 Å². The summed E-state index contributed by atoms with van der Waals surface area (Å²) in [6.07, 6.45) is 7.23. The molecule has 0 aromatic carbocycles. The van der Waals surface area contributed by atoms with Gasteiger partial charge in [0.2, 0.25) is 0 Å². The standard InChI is InChI=1S/C15H26N2O/c1-2-9-17-10-3-5-15(17)12-16-8-4-11-18-13-14-6-7-14/h3,5,10,14,16H,2,4,6-9,11-13H2,1H3. The zero-order valence-corrected chi connectivity index (χ0v) is 11.5. The summed E-state index contributed by atoms with van der Waals surface area (Å²) >= 11 is 0. The summed E-state index contributed by atoms with van der Waals surface area (Å²) < 4.78 is 7.94. The Morgan fingerprint density at radius 2 is 2.33 bits per heavy atom. The number of aromatic nitrogens is 1. The van der Waals surface area contributed by atoms with E-state index in [9.17, 15) is 0 Å². The SMILES string of the molecule is CCCn1cccc1CNCCCOCC1CC1. The van der Waals surface area contributed by atoms with Crippen molar-refractivity contribution in [1.82, 2.24) is 9.88 Å². The van der Waals surface area contributed by atoms with Crippen molar-refractivity contribution in [2.45, 2.75) is 45.7 Å². The van der Waals surface area contributed by atoms with Gasteiger partial charge in [-0.05, 0) is 50.3 Å². The molecule has 1 saturated carbocycles. The van der Waals surface area contributed by atoms with E-state index in [-0.39, 0.29) is 0 Å². The quantitative estimate of drug-likeness (QED) is 0.646. The average Bonchev–Trinajstić information content (AvgIpc) is 3.09. The largest absolute Gasteiger partial charge is 0.381 e. The summed E-state index contributed by atoms with van der Waals surface area (Å²) in [5.74, 6) is 0.885. The second-order valence-corrected chi connectivity index (χ2v) is 5.24. The van der Waals surface area contributed by atoms with Crippen molar-refractivity contribution < 1.29 is 4.74 Å². The number of nitrogens with zero attached hydrogens (tertiary/aromatic N) is 1. The van der Waals surface area contributed by atoms with Crippen molar-refractivity contribution in [2.24, 2.45) is 5.92 Å². The summed E-state index contributed by atoms with van der Waals surface area (Å²) in [6, 6.07) is 4.33. The van der Waals surface area contributed by atoms with E-state index in [0.29, 0.717) is 0 Å². The van der Waals surface area contributed by atoms with Crippen LogP contribution in [0.1, 0.15) is 38.3 Å². The normalized spacial score (nSPS) is 15.2. The minimum atomic E-state index is 0.885. The summed E-state index contributed by atoms with van der Waals surface area (Å²) in [7, 11) is 0. The van der Waals surface area contributed by atoms with Crippen molar-refractivity contribution in [3.8, 4) is 0 Å². The van der Waals surface area contributed by atoms with Gasteiger partial charge in [0.1, 0.15) is 0 Å². The molecule has 102 valence electrons. The van der Waals surface area contributed by atoms with Crippen LogP contribution in [-0.4, -0.2) is 24.3 Å². The van der Waals surface area contributed by atoms with Crippen molar-refractivity contribution in [2.75, 3.05) is 19.8 Å². The molecule has 1 aromatic rings. The molecule has 0 radical (unpaired) electrons. The van der Waals surface area contributed by atoms with Crippen molar-refractivity contribution in [3.05, 3.63) is 24.0 Å². The Morgan fingerprint density at radius 3 is 3.11 bits per heavy atom. The number of nitrogens with one attached hydrogen (secondary N) is 1. The smallest absolute Gasteiger partial charge is 0.0494 e. The van der Waals surface area contributed by atoms with Crippen LogP contribution in [-0.2, 0) is 17.8 Å². The Kier molecular flexibility index (Phi) is 5.75. The molecular weight excluding hydrogens is 224 g/mol. The number of hydrogen-bond acceptors (Lipinski definition) is 2. The Hall–Kier alpha value is -0.800. The lowest BCUT2D eigenvalue weighted by Crippen LogP contribution is -2.18. The highest BCUT2D eigenvalue weighted by Crippen LogP contribution is 2.28. The lowest BCUT2D eigenvalue weighted by Gasteiger charge is -2.09. The molecule has 1 N–H and O–H groups in total. The fraction of sp³-hybridized carbons (Fsp3) is 0.733. The van der Waals surface area contributed by atoms with Crippen LogP contribution in [0.3, 0.4) is 0 Å². The lowest BCUT2D eigenvalue weighted by molar-refractivity contribution is 0.122. The fourth-order valence-electron chi connectivity index (χ4n) is 2.12. The Morgan fingerprint density at radius 1 is 1.44 bits per heavy atom. The maximum absolute atomic E-state index is 5.61. The zero-order valence-electron chi connectivity index (χ0n) is 11.5. The topological polar surface area (TPSA) is 26.2 Å². The third kappa shape index (κ3) is 4.83. The molecule has 1 heterocycles. The molecule has 0 saturated heterocycles. The maximum Gasteiger partial charge on any atom is 0.0494 e. The molecule has 0 bridgehead atoms. The van der Waals surface area contributed by atoms with E-state index in [4.69, 9.17) is 4.74 Å². The van der Waals surface area contributed by atoms with Crippen LogP contribution in [0.25, 0.3) is 0 Å². The molecule has 1 aliphatic rings. The Balaban J connectivity index is 1.49. The summed E-state index contributed by atoms with van der Waals surface area (Å²) in [5.41, 5.74) is 1.38. The van der Waals surface area contributed by atoms with Gasteiger partial charge in [0.15, 0.2) is 0 Å². The van der Waals surface area contributed by atoms with Crippen molar-refractivity contribution in [1.29, 1.82) is 0 Å². The minimum absolute atomic E-state index is 0.885. The van der Waals surface area contributed by atoms with E-state index in [1.807, 2.05) is 0 Å². The predicted molar refractivity (Wildman–Crippen MR) is 74.6 cm³/mol. The number of ether oxygens (including phenoxy) is 1. The molecule has 0 unspecified atom stereocenters. The zero-order chi connectivity index (χ0) is 12.6. The number of aryl methyl sites for hydroxylation is 1. The van der Waals surface area contributed by atoms with Gasteiger partial charge in [0.25, 0.3) is 0 Å². The van der Waals surface area contributed by atoms with Gasteiger partial charge in [-0.1, -0.05) is 6.92 Å². The first-order chi connectivity index (χ1) is 8.90. The molecule has 1 aliphatic carbocycles. The van der Waals surface area contributed by atoms with E-state index in [2.05, 4.69) is 35.1 Å². The Bertz CT molecular complexity index is 331. The van der Waals surface area contributed by atoms with Gasteiger partial charge in [-0.25, -0.2) is 0 Å². The average molecular weight is 250 g/mol. The molecule has 0 atom stereocenters. The highest BCUT2D eigenvalue weighted by Gasteiger charge is 2.20. The third-order valence-corrected chi connectivity index (χ3v) is 3.39. The fourth-order valence-corrected chi connectivity index (χ4v) is 2.12. The van der Waals surface area contributed by atoms with Crippen LogP contribution < -0.4 is 5.32 Å². The van der Waals surface area contributed by atoms with E-state index >= 15 is 0 Å². The van der Waals surface area contributed by atoms with Crippen molar-refractivity contribution >= 4 is 0 Å². The van der Waals surface area contributed by atoms with Gasteiger partial charge in [-0.15, -0.1) is 0 Å². The van der Waals surface area contributed by atoms with Gasteiger partial charge >= 0.3 is 0 Å². The van der Waals surface area contributed by atoms with Crippen LogP contribution in [0.4, 0.5) is 0 Å². The minimum Gasteiger partial charge on any atom is -0.381 e. The van der Waals surface area contributed by atoms with Crippen LogP contribution >= 0.6 is 0 Å². The first-order valence-corrected chi connectivity index (χ1v) is 7.32. The predicted octanol–water partition coefficient (Wildman–Crippen LogP) is 2.80. The molecule has 3 heteroatoms. The van der Waals surface area contributed by atoms with E-state index in [1.54, 1.807) is 0 Å². The van der Waals surface area contributed by atoms with Crippen LogP contribution in [0.15, 0.2) is 18.3 Å². The summed E-state index contributed by atoms with van der Waals surface area (Å²) in [6.45, 7) is 7.24. The number of hydrogen-bond donors (Lipinski definition) is 1. The van der Waals surface area contributed by atoms with Crippen LogP contribution in [0.5, 0.6) is 0 Å². The lowest BCUT2D eigenvalue weighted by atomic mass is 10.3. The molecular formula is C15H26N2O. The molecule has 3 nitrogen and oxygen atoms in total. The molecule has 2 rings (SSSR count). The van der Waals surface area contributed by atoms with Crippen molar-refractivity contribution in [3.63, 3.8) is 0 Å². The van der Waals surface area contributed by atoms with Crippen LogP contribution in [0, 0.1) is 5.92 Å². The van der Waals surface area contributed by atoms with Crippen LogP contribution in [0.2, 0.25) is 0 Å². The van der Waals surface area contributed by atoms with Gasteiger partial charge in [-0.3, -0.25) is 0 Å². The van der Waals surface area contributed by atoms with E-state index in [0.717, 1.165) is 45.2 Å². The molecule has 0 aliphatic heterocycles. The first kappa shape index (κ1) is 13.6. The maximum atomic E-state index is 5.61. The monoisotopic (exact) mass is 250 g/mol. The summed E-state index contributed by atoms with van der Waals surface area (Å²) in [4.78, 5) is 0.